The maximum atomic E-state index is 9.06. The first-order valence-electron chi connectivity index (χ1n) is 5.64. The molecule has 0 atom stereocenters. The lowest BCUT2D eigenvalue weighted by Gasteiger charge is -1.99. The Hall–Kier alpha value is -2.90. The number of thiazole rings is 1. The van der Waals surface area contributed by atoms with E-state index in [1.54, 1.807) is 17.1 Å². The predicted molar refractivity (Wildman–Crippen MR) is 70.6 cm³/mol. The standard InChI is InChI=1S/C13H7N5OS/c14-3-11-12(4-15)18(8-16-11)5-10-7-20-13(17-10)9-1-2-19-6-9/h1-2,6-8H,5H2. The molecule has 0 aliphatic heterocycles. The maximum Gasteiger partial charge on any atom is 0.176 e. The van der Waals surface area contributed by atoms with Gasteiger partial charge in [0.1, 0.15) is 23.4 Å². The molecule has 0 amide bonds. The summed E-state index contributed by atoms with van der Waals surface area (Å²) in [7, 11) is 0. The SMILES string of the molecule is N#Cc1ncn(Cc2csc(-c3ccoc3)n2)c1C#N. The summed E-state index contributed by atoms with van der Waals surface area (Å²) in [5.41, 5.74) is 2.12. The van der Waals surface area contributed by atoms with Crippen molar-refractivity contribution in [2.75, 3.05) is 0 Å². The number of imidazole rings is 1. The molecule has 3 aromatic rings. The fourth-order valence-corrected chi connectivity index (χ4v) is 2.57. The van der Waals surface area contributed by atoms with E-state index >= 15 is 0 Å². The molecule has 3 heterocycles. The van der Waals surface area contributed by atoms with Crippen molar-refractivity contribution in [3.05, 3.63) is 47.4 Å². The van der Waals surface area contributed by atoms with Gasteiger partial charge in [-0.25, -0.2) is 9.97 Å². The van der Waals surface area contributed by atoms with Crippen LogP contribution in [-0.2, 0) is 6.54 Å². The lowest BCUT2D eigenvalue weighted by Crippen LogP contribution is -2.01. The molecular formula is C13H7N5OS. The van der Waals surface area contributed by atoms with E-state index in [9.17, 15) is 0 Å². The Morgan fingerprint density at radius 2 is 2.25 bits per heavy atom. The lowest BCUT2D eigenvalue weighted by atomic mass is 10.3. The van der Waals surface area contributed by atoms with Gasteiger partial charge in [0.05, 0.1) is 24.8 Å². The highest BCUT2D eigenvalue weighted by molar-refractivity contribution is 7.13. The van der Waals surface area contributed by atoms with Crippen molar-refractivity contribution in [3.63, 3.8) is 0 Å². The van der Waals surface area contributed by atoms with Crippen molar-refractivity contribution >= 4 is 11.3 Å². The fourth-order valence-electron chi connectivity index (χ4n) is 1.77. The maximum absolute atomic E-state index is 9.06. The zero-order valence-corrected chi connectivity index (χ0v) is 11.0. The lowest BCUT2D eigenvalue weighted by molar-refractivity contribution is 0.568. The molecule has 0 saturated carbocycles. The van der Waals surface area contributed by atoms with E-state index in [1.165, 1.54) is 17.7 Å². The number of rotatable bonds is 3. The largest absolute Gasteiger partial charge is 0.472 e. The van der Waals surface area contributed by atoms with Gasteiger partial charge in [0.25, 0.3) is 0 Å². The number of hydrogen-bond donors (Lipinski definition) is 0. The van der Waals surface area contributed by atoms with Crippen molar-refractivity contribution in [2.24, 2.45) is 0 Å². The van der Waals surface area contributed by atoms with E-state index in [0.717, 1.165) is 16.3 Å². The molecule has 0 aliphatic carbocycles. The first kappa shape index (κ1) is 12.2. The van der Waals surface area contributed by atoms with Crippen LogP contribution >= 0.6 is 11.3 Å². The number of aromatic nitrogens is 3. The number of furan rings is 1. The third-order valence-corrected chi connectivity index (χ3v) is 3.64. The number of nitriles is 2. The summed E-state index contributed by atoms with van der Waals surface area (Å²) in [6, 6.07) is 5.73. The molecule has 0 fully saturated rings. The molecule has 0 N–H and O–H groups in total. The molecule has 0 radical (unpaired) electrons. The molecule has 3 rings (SSSR count). The van der Waals surface area contributed by atoms with E-state index in [4.69, 9.17) is 14.9 Å². The third-order valence-electron chi connectivity index (χ3n) is 2.70. The van der Waals surface area contributed by atoms with Gasteiger partial charge in [-0.3, -0.25) is 0 Å². The van der Waals surface area contributed by atoms with Crippen molar-refractivity contribution in [3.8, 4) is 22.7 Å². The molecule has 20 heavy (non-hydrogen) atoms. The molecule has 7 heteroatoms. The van der Waals surface area contributed by atoms with Crippen molar-refractivity contribution in [2.45, 2.75) is 6.54 Å². The highest BCUT2D eigenvalue weighted by atomic mass is 32.1. The molecule has 96 valence electrons. The van der Waals surface area contributed by atoms with Crippen LogP contribution in [0.1, 0.15) is 17.1 Å². The Morgan fingerprint density at radius 1 is 1.35 bits per heavy atom. The second-order valence-electron chi connectivity index (χ2n) is 3.95. The Kier molecular flexibility index (Phi) is 3.04. The van der Waals surface area contributed by atoms with Gasteiger partial charge in [-0.05, 0) is 6.07 Å². The van der Waals surface area contributed by atoms with E-state index in [1.807, 2.05) is 23.6 Å². The molecule has 0 unspecified atom stereocenters. The van der Waals surface area contributed by atoms with Gasteiger partial charge in [-0.2, -0.15) is 10.5 Å². The minimum Gasteiger partial charge on any atom is -0.472 e. The topological polar surface area (TPSA) is 91.4 Å². The molecule has 6 nitrogen and oxygen atoms in total. The molecule has 0 aliphatic rings. The monoisotopic (exact) mass is 281 g/mol. The Morgan fingerprint density at radius 3 is 2.95 bits per heavy atom. The smallest absolute Gasteiger partial charge is 0.176 e. The zero-order chi connectivity index (χ0) is 13.9. The van der Waals surface area contributed by atoms with Crippen LogP contribution in [0.5, 0.6) is 0 Å². The van der Waals surface area contributed by atoms with E-state index in [0.29, 0.717) is 6.54 Å². The molecule has 0 spiro atoms. The van der Waals surface area contributed by atoms with Crippen molar-refractivity contribution < 1.29 is 4.42 Å². The average Bonchev–Trinajstić information content (AvgIpc) is 3.19. The van der Waals surface area contributed by atoms with Gasteiger partial charge in [-0.15, -0.1) is 11.3 Å². The van der Waals surface area contributed by atoms with Crippen LogP contribution in [0.25, 0.3) is 10.6 Å². The van der Waals surface area contributed by atoms with Crippen LogP contribution in [0.3, 0.4) is 0 Å². The molecular weight excluding hydrogens is 274 g/mol. The summed E-state index contributed by atoms with van der Waals surface area (Å²) in [6.07, 6.45) is 4.71. The van der Waals surface area contributed by atoms with Crippen LogP contribution in [0.4, 0.5) is 0 Å². The van der Waals surface area contributed by atoms with Crippen molar-refractivity contribution in [1.29, 1.82) is 10.5 Å². The Balaban J connectivity index is 1.88. The second kappa shape index (κ2) is 5.00. The summed E-state index contributed by atoms with van der Waals surface area (Å²) in [5.74, 6) is 0. The first-order valence-corrected chi connectivity index (χ1v) is 6.52. The second-order valence-corrected chi connectivity index (χ2v) is 4.81. The predicted octanol–water partition coefficient (Wildman–Crippen LogP) is 2.39. The number of nitrogens with zero attached hydrogens (tertiary/aromatic N) is 5. The van der Waals surface area contributed by atoms with Gasteiger partial charge < -0.3 is 8.98 Å². The zero-order valence-electron chi connectivity index (χ0n) is 10.1. The summed E-state index contributed by atoms with van der Waals surface area (Å²) < 4.78 is 6.64. The molecule has 0 bridgehead atoms. The highest BCUT2D eigenvalue weighted by Gasteiger charge is 2.12. The third kappa shape index (κ3) is 2.07. The Labute approximate surface area is 118 Å². The van der Waals surface area contributed by atoms with Gasteiger partial charge in [0.2, 0.25) is 0 Å². The van der Waals surface area contributed by atoms with Crippen LogP contribution in [0, 0.1) is 22.7 Å². The first-order chi connectivity index (χ1) is 9.81. The van der Waals surface area contributed by atoms with Crippen LogP contribution < -0.4 is 0 Å². The van der Waals surface area contributed by atoms with Gasteiger partial charge in [-0.1, -0.05) is 0 Å². The summed E-state index contributed by atoms with van der Waals surface area (Å²) in [6.45, 7) is 0.409. The van der Waals surface area contributed by atoms with Gasteiger partial charge in [0.15, 0.2) is 11.4 Å². The minimum atomic E-state index is 0.137. The molecule has 3 aromatic heterocycles. The summed E-state index contributed by atoms with van der Waals surface area (Å²) in [4.78, 5) is 8.37. The van der Waals surface area contributed by atoms with E-state index < -0.39 is 0 Å². The van der Waals surface area contributed by atoms with Crippen LogP contribution in [0.15, 0.2) is 34.7 Å². The molecule has 0 aromatic carbocycles. The highest BCUT2D eigenvalue weighted by Crippen LogP contribution is 2.24. The minimum absolute atomic E-state index is 0.137. The molecule has 0 saturated heterocycles. The summed E-state index contributed by atoms with van der Waals surface area (Å²) in [5, 5.41) is 20.7. The average molecular weight is 281 g/mol. The van der Waals surface area contributed by atoms with Gasteiger partial charge >= 0.3 is 0 Å². The number of hydrogen-bond acceptors (Lipinski definition) is 6. The van der Waals surface area contributed by atoms with Crippen LogP contribution in [-0.4, -0.2) is 14.5 Å². The van der Waals surface area contributed by atoms with E-state index in [2.05, 4.69) is 9.97 Å². The van der Waals surface area contributed by atoms with Crippen molar-refractivity contribution in [1.82, 2.24) is 14.5 Å². The van der Waals surface area contributed by atoms with Crippen LogP contribution in [0.2, 0.25) is 0 Å². The summed E-state index contributed by atoms with van der Waals surface area (Å²) >= 11 is 1.50. The van der Waals surface area contributed by atoms with E-state index in [-0.39, 0.29) is 11.4 Å². The normalized spacial score (nSPS) is 10.1. The quantitative estimate of drug-likeness (QED) is 0.735. The Bertz CT molecular complexity index is 816. The fraction of sp³-hybridized carbons (Fsp3) is 0.0769. The van der Waals surface area contributed by atoms with Gasteiger partial charge in [0, 0.05) is 10.9 Å².